The Morgan fingerprint density at radius 3 is 2.02 bits per heavy atom. The lowest BCUT2D eigenvalue weighted by Gasteiger charge is -2.26. The molecule has 0 bridgehead atoms. The molecule has 0 saturated carbocycles. The monoisotopic (exact) mass is 795 g/mol. The summed E-state index contributed by atoms with van der Waals surface area (Å²) in [7, 11) is 0. The van der Waals surface area contributed by atoms with Crippen LogP contribution in [0.5, 0.6) is 11.5 Å². The van der Waals surface area contributed by atoms with Crippen molar-refractivity contribution in [3.63, 3.8) is 0 Å². The van der Waals surface area contributed by atoms with E-state index in [1.54, 1.807) is 18.5 Å². The number of fused-ring (bicyclic) bond motifs is 3. The number of hydrogen-bond donors (Lipinski definition) is 0. The summed E-state index contributed by atoms with van der Waals surface area (Å²) in [5.74, 6) is 1.87. The predicted octanol–water partition coefficient (Wildman–Crippen LogP) is 13.4. The lowest BCUT2D eigenvalue weighted by molar-refractivity contribution is -0.588. The lowest BCUT2D eigenvalue weighted by atomic mass is 9.80. The Balaban J connectivity index is 1.23. The van der Waals surface area contributed by atoms with Gasteiger partial charge in [-0.05, 0) is 110 Å². The molecule has 8 aromatic rings. The highest BCUT2D eigenvalue weighted by molar-refractivity contribution is 6.09. The van der Waals surface area contributed by atoms with Gasteiger partial charge in [0.2, 0.25) is 0 Å². The van der Waals surface area contributed by atoms with E-state index in [0.29, 0.717) is 22.9 Å². The third kappa shape index (κ3) is 8.38. The molecule has 4 aromatic heterocycles. The first-order valence-electron chi connectivity index (χ1n) is 22.0. The first kappa shape index (κ1) is 38.2. The van der Waals surface area contributed by atoms with Gasteiger partial charge in [0.25, 0.3) is 6.33 Å². The minimum Gasteiger partial charge on any atom is -0.456 e. The second kappa shape index (κ2) is 14.9. The highest BCUT2D eigenvalue weighted by Crippen LogP contribution is 2.38. The van der Waals surface area contributed by atoms with E-state index in [4.69, 9.17) is 12.5 Å². The molecule has 0 aliphatic rings. The molecule has 306 valence electrons. The highest BCUT2D eigenvalue weighted by Gasteiger charge is 2.24. The van der Waals surface area contributed by atoms with E-state index >= 15 is 0 Å². The van der Waals surface area contributed by atoms with Gasteiger partial charge in [-0.2, -0.15) is 0 Å². The summed E-state index contributed by atoms with van der Waals surface area (Å²) in [5.41, 5.74) is 9.43. The van der Waals surface area contributed by atoms with Gasteiger partial charge < -0.3 is 4.74 Å². The number of ether oxygens (including phenoxy) is 1. The molecule has 6 heteroatoms. The molecule has 0 saturated heterocycles. The molecule has 0 spiro atoms. The molecular formula is C54H59N5O. The van der Waals surface area contributed by atoms with Crippen LogP contribution in [-0.2, 0) is 22.6 Å². The average Bonchev–Trinajstić information content (AvgIpc) is 3.80. The predicted molar refractivity (Wildman–Crippen MR) is 247 cm³/mol. The van der Waals surface area contributed by atoms with Gasteiger partial charge in [-0.1, -0.05) is 126 Å². The van der Waals surface area contributed by atoms with E-state index in [9.17, 15) is 0 Å². The molecule has 8 rings (SSSR count). The lowest BCUT2D eigenvalue weighted by Crippen LogP contribution is -2.33. The Morgan fingerprint density at radius 1 is 0.650 bits per heavy atom. The molecule has 0 N–H and O–H groups in total. The van der Waals surface area contributed by atoms with E-state index < -0.39 is 11.8 Å². The van der Waals surface area contributed by atoms with Gasteiger partial charge in [0.1, 0.15) is 17.3 Å². The summed E-state index contributed by atoms with van der Waals surface area (Å²) in [6.45, 7) is 26.0. The average molecular weight is 796 g/mol. The molecule has 0 aliphatic heterocycles. The van der Waals surface area contributed by atoms with Crippen molar-refractivity contribution in [3.8, 4) is 39.9 Å². The van der Waals surface area contributed by atoms with E-state index in [2.05, 4.69) is 156 Å². The summed E-state index contributed by atoms with van der Waals surface area (Å²) in [6, 6.07) is 35.8. The maximum atomic E-state index is 9.06. The van der Waals surface area contributed by atoms with Crippen molar-refractivity contribution in [1.82, 2.24) is 19.1 Å². The Hall–Kier alpha value is -6.01. The summed E-state index contributed by atoms with van der Waals surface area (Å²) >= 11 is 0. The van der Waals surface area contributed by atoms with Gasteiger partial charge >= 0.3 is 0 Å². The van der Waals surface area contributed by atoms with Gasteiger partial charge in [-0.25, -0.2) is 4.98 Å². The number of nitrogens with zero attached hydrogens (tertiary/aromatic N) is 5. The Morgan fingerprint density at radius 2 is 1.35 bits per heavy atom. The van der Waals surface area contributed by atoms with Crippen LogP contribution in [0.1, 0.15) is 108 Å². The highest BCUT2D eigenvalue weighted by atomic mass is 16.5. The molecule has 0 atom stereocenters. The molecule has 0 unspecified atom stereocenters. The molecule has 0 aliphatic carbocycles. The summed E-state index contributed by atoms with van der Waals surface area (Å²) in [5, 5.41) is 2.16. The van der Waals surface area contributed by atoms with Crippen LogP contribution in [0.4, 0.5) is 0 Å². The number of pyridine rings is 2. The maximum Gasteiger partial charge on any atom is 0.269 e. The second-order valence-corrected chi connectivity index (χ2v) is 20.2. The van der Waals surface area contributed by atoms with Crippen molar-refractivity contribution in [2.45, 2.75) is 106 Å². The maximum absolute atomic E-state index is 9.06. The van der Waals surface area contributed by atoms with Gasteiger partial charge in [-0.3, -0.25) is 18.7 Å². The van der Waals surface area contributed by atoms with Crippen LogP contribution in [0.15, 0.2) is 128 Å². The zero-order valence-electron chi connectivity index (χ0n) is 39.3. The number of hydrogen-bond acceptors (Lipinski definition) is 3. The summed E-state index contributed by atoms with van der Waals surface area (Å²) < 4.78 is 31.1. The van der Waals surface area contributed by atoms with Crippen LogP contribution >= 0.6 is 0 Å². The number of benzene rings is 4. The zero-order valence-corrected chi connectivity index (χ0v) is 37.3. The van der Waals surface area contributed by atoms with Crippen LogP contribution in [0.3, 0.4) is 0 Å². The third-order valence-electron chi connectivity index (χ3n) is 11.0. The van der Waals surface area contributed by atoms with Crippen LogP contribution in [0.25, 0.3) is 50.3 Å². The molecule has 6 nitrogen and oxygen atoms in total. The molecule has 4 aromatic carbocycles. The van der Waals surface area contributed by atoms with Crippen LogP contribution in [-0.4, -0.2) is 19.1 Å². The van der Waals surface area contributed by atoms with E-state index in [1.165, 1.54) is 16.7 Å². The quantitative estimate of drug-likeness (QED) is 0.119. The molecule has 0 amide bonds. The summed E-state index contributed by atoms with van der Waals surface area (Å²) in [4.78, 5) is 9.49. The number of imidazole rings is 1. The van der Waals surface area contributed by atoms with Crippen molar-refractivity contribution in [1.29, 1.82) is 0 Å². The Labute approximate surface area is 359 Å². The van der Waals surface area contributed by atoms with Crippen molar-refractivity contribution in [3.05, 3.63) is 156 Å². The normalized spacial score (nSPS) is 13.5. The molecule has 4 heterocycles. The van der Waals surface area contributed by atoms with Gasteiger partial charge in [0.15, 0.2) is 0 Å². The first-order valence-corrected chi connectivity index (χ1v) is 21.0. The Bertz CT molecular complexity index is 2920. The topological polar surface area (TPSA) is 48.8 Å². The molecule has 0 radical (unpaired) electrons. The van der Waals surface area contributed by atoms with Gasteiger partial charge in [0.05, 0.1) is 34.3 Å². The van der Waals surface area contributed by atoms with Crippen molar-refractivity contribution < 1.29 is 12.0 Å². The smallest absolute Gasteiger partial charge is 0.269 e. The van der Waals surface area contributed by atoms with Gasteiger partial charge in [-0.15, -0.1) is 0 Å². The fourth-order valence-corrected chi connectivity index (χ4v) is 7.68. The summed E-state index contributed by atoms with van der Waals surface area (Å²) in [6.07, 6.45) is 9.46. The van der Waals surface area contributed by atoms with Crippen LogP contribution < -0.4 is 9.30 Å². The van der Waals surface area contributed by atoms with Crippen LogP contribution in [0.2, 0.25) is 0 Å². The largest absolute Gasteiger partial charge is 0.456 e. The van der Waals surface area contributed by atoms with Crippen molar-refractivity contribution in [2.24, 2.45) is 5.41 Å². The second-order valence-electron chi connectivity index (χ2n) is 20.2. The minimum atomic E-state index is -1.58. The third-order valence-corrected chi connectivity index (χ3v) is 11.0. The fraction of sp³-hybridized carbons (Fsp3) is 0.315. The molecular weight excluding hydrogens is 735 g/mol. The number of aromatic nitrogens is 5. The van der Waals surface area contributed by atoms with E-state index in [1.807, 2.05) is 61.9 Å². The molecule has 0 fully saturated rings. The SMILES string of the molecule is [2H]C([2H])(c1ccnc(-n2c3ccc(C(C)(C)C)cc3c3ccc(Oc4cncc(-n5[c-][n+](-c6cc(C(C)(C)C)cc(C(C)(C)C)c6)c(-c6ccccc6)c5)c4)cc32)c1)C(C)(C)C. The minimum absolute atomic E-state index is 0.0447. The molecule has 60 heavy (non-hydrogen) atoms. The Kier molecular flexibility index (Phi) is 9.50. The van der Waals surface area contributed by atoms with Gasteiger partial charge in [0, 0.05) is 38.2 Å². The number of rotatable bonds is 7. The zero-order chi connectivity index (χ0) is 44.6. The standard InChI is InChI=1S/C54H59N5O/c1-51(2,3)31-36-22-23-56-50(24-36)59-47-21-18-38(52(4,5)6)28-46(47)45-20-19-43(30-48(45)59)60-44-29-42(32-55-33-44)57-34-49(37-16-14-13-15-17-37)58(35-57)41-26-39(53(7,8)9)25-40(27-41)54(10,11)12/h13-30,32-34H,31H2,1-12H3/i31D2. The van der Waals surface area contributed by atoms with Crippen LogP contribution in [0, 0.1) is 11.7 Å². The first-order chi connectivity index (χ1) is 29.0. The van der Waals surface area contributed by atoms with Crippen molar-refractivity contribution >= 4 is 21.8 Å². The van der Waals surface area contributed by atoms with E-state index in [-0.39, 0.29) is 16.2 Å². The van der Waals surface area contributed by atoms with E-state index in [0.717, 1.165) is 44.4 Å². The fourth-order valence-electron chi connectivity index (χ4n) is 7.68. The van der Waals surface area contributed by atoms with Crippen molar-refractivity contribution in [2.75, 3.05) is 0 Å².